The molecule has 0 aliphatic carbocycles. The van der Waals surface area contributed by atoms with Gasteiger partial charge in [-0.15, -0.1) is 0 Å². The largest absolute Gasteiger partial charge is 0.334 e. The average molecular weight is 330 g/mol. The van der Waals surface area contributed by atoms with E-state index in [2.05, 4.69) is 21.2 Å². The summed E-state index contributed by atoms with van der Waals surface area (Å²) in [7, 11) is 0. The fraction of sp³-hybridized carbons (Fsp3) is 0.462. The predicted octanol–water partition coefficient (Wildman–Crippen LogP) is 2.54. The van der Waals surface area contributed by atoms with Crippen molar-refractivity contribution in [3.63, 3.8) is 0 Å². The molecule has 2 aliphatic heterocycles. The molecule has 1 aromatic carbocycles. The molecule has 96 valence electrons. The first-order valence-electron chi connectivity index (χ1n) is 6.14. The third kappa shape index (κ3) is 1.96. The molecular formula is C13H14BrClN2O. The van der Waals surface area contributed by atoms with Gasteiger partial charge in [0.1, 0.15) is 0 Å². The van der Waals surface area contributed by atoms with Crippen LogP contribution in [0.4, 0.5) is 0 Å². The molecule has 2 fully saturated rings. The number of amides is 1. The summed E-state index contributed by atoms with van der Waals surface area (Å²) in [5, 5.41) is 3.86. The third-order valence-corrected chi connectivity index (χ3v) is 5.18. The Labute approximate surface area is 120 Å². The summed E-state index contributed by atoms with van der Waals surface area (Å²) in [5.41, 5.74) is 0.596. The van der Waals surface area contributed by atoms with Gasteiger partial charge in [-0.05, 0) is 40.4 Å². The lowest BCUT2D eigenvalue weighted by Gasteiger charge is -2.24. The van der Waals surface area contributed by atoms with Crippen LogP contribution in [-0.4, -0.2) is 36.5 Å². The van der Waals surface area contributed by atoms with Crippen LogP contribution < -0.4 is 5.32 Å². The number of hydrogen-bond acceptors (Lipinski definition) is 2. The van der Waals surface area contributed by atoms with Crippen LogP contribution in [-0.2, 0) is 0 Å². The Bertz CT molecular complexity index is 494. The van der Waals surface area contributed by atoms with Gasteiger partial charge >= 0.3 is 0 Å². The van der Waals surface area contributed by atoms with Crippen LogP contribution in [0.3, 0.4) is 0 Å². The quantitative estimate of drug-likeness (QED) is 0.859. The van der Waals surface area contributed by atoms with Crippen LogP contribution in [0, 0.1) is 5.92 Å². The molecule has 0 spiro atoms. The number of likely N-dealkylation sites (tertiary alicyclic amines) is 1. The van der Waals surface area contributed by atoms with Crippen molar-refractivity contribution < 1.29 is 4.79 Å². The van der Waals surface area contributed by atoms with Gasteiger partial charge in [0, 0.05) is 30.1 Å². The Balaban J connectivity index is 1.88. The van der Waals surface area contributed by atoms with E-state index in [1.54, 1.807) is 6.07 Å². The highest BCUT2D eigenvalue weighted by atomic mass is 79.9. The Kier molecular flexibility index (Phi) is 3.34. The van der Waals surface area contributed by atoms with Crippen LogP contribution in [0.5, 0.6) is 0 Å². The molecule has 0 saturated carbocycles. The highest BCUT2D eigenvalue weighted by Crippen LogP contribution is 2.32. The van der Waals surface area contributed by atoms with Crippen LogP contribution in [0.15, 0.2) is 22.7 Å². The van der Waals surface area contributed by atoms with E-state index in [9.17, 15) is 4.79 Å². The lowest BCUT2D eigenvalue weighted by Crippen LogP contribution is -2.39. The number of carbonyl (C=O) groups excluding carboxylic acids is 1. The molecule has 0 bridgehead atoms. The maximum atomic E-state index is 12.6. The number of carbonyl (C=O) groups is 1. The number of benzene rings is 1. The Morgan fingerprint density at radius 2 is 2.28 bits per heavy atom. The fourth-order valence-electron chi connectivity index (χ4n) is 2.93. The number of nitrogens with one attached hydrogen (secondary N) is 1. The zero-order valence-corrected chi connectivity index (χ0v) is 12.2. The van der Waals surface area contributed by atoms with E-state index in [0.717, 1.165) is 30.5 Å². The molecule has 1 amide bonds. The molecular weight excluding hydrogens is 316 g/mol. The summed E-state index contributed by atoms with van der Waals surface area (Å²) in [6, 6.07) is 5.84. The number of hydrogen-bond donors (Lipinski definition) is 1. The molecule has 0 aromatic heterocycles. The number of rotatable bonds is 1. The maximum Gasteiger partial charge on any atom is 0.255 e. The van der Waals surface area contributed by atoms with E-state index in [4.69, 9.17) is 11.6 Å². The van der Waals surface area contributed by atoms with E-state index >= 15 is 0 Å². The van der Waals surface area contributed by atoms with Gasteiger partial charge in [-0.3, -0.25) is 4.79 Å². The van der Waals surface area contributed by atoms with Gasteiger partial charge in [-0.25, -0.2) is 0 Å². The predicted molar refractivity (Wildman–Crippen MR) is 75.0 cm³/mol. The van der Waals surface area contributed by atoms with Crippen LogP contribution in [0.1, 0.15) is 16.8 Å². The summed E-state index contributed by atoms with van der Waals surface area (Å²) in [5.74, 6) is 0.664. The van der Waals surface area contributed by atoms with Crippen molar-refractivity contribution in [1.29, 1.82) is 0 Å². The zero-order chi connectivity index (χ0) is 12.7. The Morgan fingerprint density at radius 3 is 3.11 bits per heavy atom. The van der Waals surface area contributed by atoms with Crippen molar-refractivity contribution in [3.8, 4) is 0 Å². The molecule has 3 rings (SSSR count). The van der Waals surface area contributed by atoms with Gasteiger partial charge in [-0.1, -0.05) is 17.7 Å². The topological polar surface area (TPSA) is 32.3 Å². The summed E-state index contributed by atoms with van der Waals surface area (Å²) in [4.78, 5) is 14.5. The van der Waals surface area contributed by atoms with Crippen LogP contribution >= 0.6 is 27.5 Å². The molecule has 0 unspecified atom stereocenters. The smallest absolute Gasteiger partial charge is 0.255 e. The monoisotopic (exact) mass is 328 g/mol. The highest BCUT2D eigenvalue weighted by Gasteiger charge is 2.40. The van der Waals surface area contributed by atoms with Crippen molar-refractivity contribution in [2.75, 3.05) is 19.6 Å². The maximum absolute atomic E-state index is 12.6. The molecule has 5 heteroatoms. The van der Waals surface area contributed by atoms with E-state index in [-0.39, 0.29) is 5.91 Å². The van der Waals surface area contributed by atoms with Crippen LogP contribution in [0.2, 0.25) is 5.02 Å². The minimum Gasteiger partial charge on any atom is -0.334 e. The average Bonchev–Trinajstić information content (AvgIpc) is 2.94. The van der Waals surface area contributed by atoms with Gasteiger partial charge in [0.05, 0.1) is 10.6 Å². The van der Waals surface area contributed by atoms with Gasteiger partial charge in [-0.2, -0.15) is 0 Å². The summed E-state index contributed by atoms with van der Waals surface area (Å²) in [6.07, 6.45) is 1.09. The van der Waals surface area contributed by atoms with E-state index in [1.807, 2.05) is 17.0 Å². The second-order valence-corrected chi connectivity index (χ2v) is 6.11. The fourth-order valence-corrected chi connectivity index (χ4v) is 3.50. The molecule has 2 saturated heterocycles. The molecule has 2 atom stereocenters. The van der Waals surface area contributed by atoms with E-state index in [0.29, 0.717) is 22.5 Å². The van der Waals surface area contributed by atoms with Crippen molar-refractivity contribution in [2.45, 2.75) is 12.5 Å². The SMILES string of the molecule is O=C(c1cccc(Br)c1Cl)N1CC[C@H]2CNC[C@H]21. The summed E-state index contributed by atoms with van der Waals surface area (Å²) in [6.45, 7) is 2.78. The van der Waals surface area contributed by atoms with Crippen molar-refractivity contribution in [1.82, 2.24) is 10.2 Å². The standard InChI is InChI=1S/C13H14BrClN2O/c14-10-3-1-2-9(12(10)15)13(18)17-5-4-8-6-16-7-11(8)17/h1-3,8,11,16H,4-7H2/t8-,11+/m0/s1. The lowest BCUT2D eigenvalue weighted by molar-refractivity contribution is 0.0737. The number of nitrogens with zero attached hydrogens (tertiary/aromatic N) is 1. The minimum atomic E-state index is 0.0532. The molecule has 2 heterocycles. The molecule has 0 radical (unpaired) electrons. The van der Waals surface area contributed by atoms with Gasteiger partial charge < -0.3 is 10.2 Å². The Hall–Kier alpha value is -0.580. The highest BCUT2D eigenvalue weighted by molar-refractivity contribution is 9.10. The van der Waals surface area contributed by atoms with Crippen LogP contribution in [0.25, 0.3) is 0 Å². The minimum absolute atomic E-state index is 0.0532. The molecule has 2 aliphatic rings. The first-order valence-corrected chi connectivity index (χ1v) is 7.31. The van der Waals surface area contributed by atoms with Gasteiger partial charge in [0.25, 0.3) is 5.91 Å². The molecule has 1 N–H and O–H groups in total. The molecule has 3 nitrogen and oxygen atoms in total. The first-order chi connectivity index (χ1) is 8.68. The van der Waals surface area contributed by atoms with Gasteiger partial charge in [0.2, 0.25) is 0 Å². The normalized spacial score (nSPS) is 26.4. The van der Waals surface area contributed by atoms with Crippen molar-refractivity contribution in [2.24, 2.45) is 5.92 Å². The first kappa shape index (κ1) is 12.5. The summed E-state index contributed by atoms with van der Waals surface area (Å²) >= 11 is 9.56. The van der Waals surface area contributed by atoms with E-state index in [1.165, 1.54) is 0 Å². The number of fused-ring (bicyclic) bond motifs is 1. The second kappa shape index (κ2) is 4.83. The van der Waals surface area contributed by atoms with Crippen molar-refractivity contribution >= 4 is 33.4 Å². The Morgan fingerprint density at radius 1 is 1.44 bits per heavy atom. The molecule has 18 heavy (non-hydrogen) atoms. The number of halogens is 2. The third-order valence-electron chi connectivity index (χ3n) is 3.89. The lowest BCUT2D eigenvalue weighted by atomic mass is 10.0. The summed E-state index contributed by atoms with van der Waals surface area (Å²) < 4.78 is 0.773. The van der Waals surface area contributed by atoms with Gasteiger partial charge in [0.15, 0.2) is 0 Å². The molecule has 1 aromatic rings. The van der Waals surface area contributed by atoms with E-state index < -0.39 is 0 Å². The van der Waals surface area contributed by atoms with Crippen molar-refractivity contribution in [3.05, 3.63) is 33.3 Å². The zero-order valence-electron chi connectivity index (χ0n) is 9.83. The second-order valence-electron chi connectivity index (χ2n) is 4.87.